The molecule has 1 aromatic carbocycles. The van der Waals surface area contributed by atoms with Crippen molar-refractivity contribution in [3.63, 3.8) is 0 Å². The lowest BCUT2D eigenvalue weighted by molar-refractivity contribution is 0.254. The van der Waals surface area contributed by atoms with Crippen molar-refractivity contribution in [1.29, 1.82) is 0 Å². The second-order valence-electron chi connectivity index (χ2n) is 4.73. The van der Waals surface area contributed by atoms with Gasteiger partial charge in [0.2, 0.25) is 0 Å². The first-order valence-electron chi connectivity index (χ1n) is 6.75. The van der Waals surface area contributed by atoms with Crippen molar-refractivity contribution >= 4 is 5.69 Å². The molecule has 1 heterocycles. The molecule has 0 spiro atoms. The minimum Gasteiger partial charge on any atom is -0.398 e. The van der Waals surface area contributed by atoms with Crippen LogP contribution in [0.2, 0.25) is 0 Å². The van der Waals surface area contributed by atoms with Crippen LogP contribution in [0.5, 0.6) is 0 Å². The number of nitrogens with zero attached hydrogens (tertiary/aromatic N) is 2. The predicted octanol–water partition coefficient (Wildman–Crippen LogP) is 3.08. The van der Waals surface area contributed by atoms with Crippen LogP contribution in [0.25, 0.3) is 0 Å². The van der Waals surface area contributed by atoms with Gasteiger partial charge in [-0.2, -0.15) is 0 Å². The quantitative estimate of drug-likeness (QED) is 0.807. The van der Waals surface area contributed by atoms with Gasteiger partial charge in [-0.15, -0.1) is 0 Å². The van der Waals surface area contributed by atoms with Crippen molar-refractivity contribution in [2.45, 2.75) is 26.4 Å². The molecule has 0 radical (unpaired) electrons. The van der Waals surface area contributed by atoms with E-state index in [1.165, 1.54) is 5.56 Å². The summed E-state index contributed by atoms with van der Waals surface area (Å²) < 4.78 is 0. The maximum atomic E-state index is 6.02. The third-order valence-electron chi connectivity index (χ3n) is 3.10. The van der Waals surface area contributed by atoms with E-state index in [-0.39, 0.29) is 0 Å². The Hall–Kier alpha value is -1.87. The maximum absolute atomic E-state index is 6.02. The minimum absolute atomic E-state index is 0.864. The van der Waals surface area contributed by atoms with Crippen LogP contribution in [0.3, 0.4) is 0 Å². The van der Waals surface area contributed by atoms with Crippen molar-refractivity contribution in [3.8, 4) is 0 Å². The Bertz CT molecular complexity index is 496. The molecule has 0 bridgehead atoms. The molecule has 0 aliphatic heterocycles. The number of pyridine rings is 1. The molecule has 0 unspecified atom stereocenters. The van der Waals surface area contributed by atoms with Crippen LogP contribution >= 0.6 is 0 Å². The number of anilines is 1. The van der Waals surface area contributed by atoms with Gasteiger partial charge < -0.3 is 5.73 Å². The van der Waals surface area contributed by atoms with Gasteiger partial charge in [0, 0.05) is 25.0 Å². The molecule has 0 atom stereocenters. The number of nitrogen functional groups attached to an aromatic ring is 1. The highest BCUT2D eigenvalue weighted by Crippen LogP contribution is 2.15. The summed E-state index contributed by atoms with van der Waals surface area (Å²) in [5.74, 6) is 0. The second kappa shape index (κ2) is 6.90. The molecule has 2 aromatic rings. The number of hydrogen-bond donors (Lipinski definition) is 1. The van der Waals surface area contributed by atoms with Crippen LogP contribution in [0.15, 0.2) is 48.7 Å². The Labute approximate surface area is 115 Å². The van der Waals surface area contributed by atoms with Crippen LogP contribution in [0.1, 0.15) is 24.6 Å². The van der Waals surface area contributed by atoms with Gasteiger partial charge in [0.15, 0.2) is 0 Å². The van der Waals surface area contributed by atoms with Crippen LogP contribution in [-0.4, -0.2) is 16.4 Å². The molecule has 3 heteroatoms. The van der Waals surface area contributed by atoms with E-state index in [4.69, 9.17) is 5.73 Å². The smallest absolute Gasteiger partial charge is 0.0544 e. The highest BCUT2D eigenvalue weighted by atomic mass is 15.1. The summed E-state index contributed by atoms with van der Waals surface area (Å²) in [6, 6.07) is 14.1. The fourth-order valence-electron chi connectivity index (χ4n) is 2.17. The SMILES string of the molecule is CCCN(Cc1ccccn1)Cc1ccccc1N. The van der Waals surface area contributed by atoms with Crippen molar-refractivity contribution in [2.24, 2.45) is 0 Å². The maximum Gasteiger partial charge on any atom is 0.0544 e. The first-order chi connectivity index (χ1) is 9.29. The predicted molar refractivity (Wildman–Crippen MR) is 79.5 cm³/mol. The largest absolute Gasteiger partial charge is 0.398 e. The molecule has 0 aliphatic carbocycles. The van der Waals surface area contributed by atoms with Gasteiger partial charge in [0.1, 0.15) is 0 Å². The van der Waals surface area contributed by atoms with E-state index in [2.05, 4.69) is 28.9 Å². The molecular formula is C16H21N3. The lowest BCUT2D eigenvalue weighted by Gasteiger charge is -2.22. The van der Waals surface area contributed by atoms with E-state index in [1.807, 2.05) is 36.5 Å². The van der Waals surface area contributed by atoms with Gasteiger partial charge in [-0.1, -0.05) is 31.2 Å². The van der Waals surface area contributed by atoms with E-state index >= 15 is 0 Å². The highest BCUT2D eigenvalue weighted by Gasteiger charge is 2.08. The van der Waals surface area contributed by atoms with E-state index in [9.17, 15) is 0 Å². The van der Waals surface area contributed by atoms with E-state index < -0.39 is 0 Å². The van der Waals surface area contributed by atoms with Gasteiger partial charge >= 0.3 is 0 Å². The molecule has 2 N–H and O–H groups in total. The van der Waals surface area contributed by atoms with Crippen molar-refractivity contribution in [3.05, 3.63) is 59.9 Å². The molecule has 19 heavy (non-hydrogen) atoms. The average molecular weight is 255 g/mol. The molecule has 2 rings (SSSR count). The molecular weight excluding hydrogens is 234 g/mol. The summed E-state index contributed by atoms with van der Waals surface area (Å²) >= 11 is 0. The summed E-state index contributed by atoms with van der Waals surface area (Å²) in [5, 5.41) is 0. The summed E-state index contributed by atoms with van der Waals surface area (Å²) in [6.45, 7) is 4.98. The molecule has 1 aromatic heterocycles. The van der Waals surface area contributed by atoms with Crippen molar-refractivity contribution in [1.82, 2.24) is 9.88 Å². The summed E-state index contributed by atoms with van der Waals surface area (Å²) in [7, 11) is 0. The molecule has 0 fully saturated rings. The number of nitrogens with two attached hydrogens (primary N) is 1. The summed E-state index contributed by atoms with van der Waals surface area (Å²) in [5.41, 5.74) is 9.17. The van der Waals surface area contributed by atoms with Gasteiger partial charge in [-0.25, -0.2) is 0 Å². The molecule has 0 aliphatic rings. The zero-order chi connectivity index (χ0) is 13.5. The van der Waals surface area contributed by atoms with Gasteiger partial charge in [-0.05, 0) is 36.7 Å². The van der Waals surface area contributed by atoms with Gasteiger partial charge in [0.25, 0.3) is 0 Å². The third-order valence-corrected chi connectivity index (χ3v) is 3.10. The van der Waals surface area contributed by atoms with E-state index in [0.717, 1.165) is 37.4 Å². The average Bonchev–Trinajstić information content (AvgIpc) is 2.43. The first kappa shape index (κ1) is 13.6. The molecule has 100 valence electrons. The number of rotatable bonds is 6. The van der Waals surface area contributed by atoms with Crippen LogP contribution in [0, 0.1) is 0 Å². The summed E-state index contributed by atoms with van der Waals surface area (Å²) in [4.78, 5) is 6.77. The van der Waals surface area contributed by atoms with Crippen LogP contribution in [0.4, 0.5) is 5.69 Å². The Morgan fingerprint density at radius 2 is 1.84 bits per heavy atom. The Morgan fingerprint density at radius 3 is 2.53 bits per heavy atom. The lowest BCUT2D eigenvalue weighted by Crippen LogP contribution is -2.24. The number of para-hydroxylation sites is 1. The topological polar surface area (TPSA) is 42.2 Å². The van der Waals surface area contributed by atoms with Gasteiger partial charge in [0.05, 0.1) is 5.69 Å². The fourth-order valence-corrected chi connectivity index (χ4v) is 2.17. The molecule has 0 saturated carbocycles. The molecule has 3 nitrogen and oxygen atoms in total. The molecule has 0 saturated heterocycles. The molecule has 0 amide bonds. The normalized spacial score (nSPS) is 10.8. The standard InChI is InChI=1S/C16H21N3/c1-2-11-19(13-15-8-5-6-10-18-15)12-14-7-3-4-9-16(14)17/h3-10H,2,11-13,17H2,1H3. The first-order valence-corrected chi connectivity index (χ1v) is 6.75. The Morgan fingerprint density at radius 1 is 1.05 bits per heavy atom. The lowest BCUT2D eigenvalue weighted by atomic mass is 10.1. The van der Waals surface area contributed by atoms with Gasteiger partial charge in [-0.3, -0.25) is 9.88 Å². The zero-order valence-electron chi connectivity index (χ0n) is 11.4. The number of aromatic nitrogens is 1. The monoisotopic (exact) mass is 255 g/mol. The Balaban J connectivity index is 2.06. The third kappa shape index (κ3) is 4.07. The van der Waals surface area contributed by atoms with E-state index in [1.54, 1.807) is 0 Å². The van der Waals surface area contributed by atoms with E-state index in [0.29, 0.717) is 0 Å². The van der Waals surface area contributed by atoms with Crippen LogP contribution < -0.4 is 5.73 Å². The number of hydrogen-bond acceptors (Lipinski definition) is 3. The van der Waals surface area contributed by atoms with Crippen molar-refractivity contribution < 1.29 is 0 Å². The van der Waals surface area contributed by atoms with Crippen molar-refractivity contribution in [2.75, 3.05) is 12.3 Å². The fraction of sp³-hybridized carbons (Fsp3) is 0.312. The zero-order valence-corrected chi connectivity index (χ0v) is 11.4. The highest BCUT2D eigenvalue weighted by molar-refractivity contribution is 5.46. The summed E-state index contributed by atoms with van der Waals surface area (Å²) in [6.07, 6.45) is 2.97. The second-order valence-corrected chi connectivity index (χ2v) is 4.73. The Kier molecular flexibility index (Phi) is 4.93. The number of benzene rings is 1. The minimum atomic E-state index is 0.864. The van der Waals surface area contributed by atoms with Crippen LogP contribution in [-0.2, 0) is 13.1 Å².